The van der Waals surface area contributed by atoms with E-state index in [1.807, 2.05) is 0 Å². The van der Waals surface area contributed by atoms with Crippen molar-refractivity contribution < 1.29 is 9.59 Å². The summed E-state index contributed by atoms with van der Waals surface area (Å²) < 4.78 is 0. The molecule has 0 saturated heterocycles. The predicted molar refractivity (Wildman–Crippen MR) is 67.5 cm³/mol. The van der Waals surface area contributed by atoms with Crippen LogP contribution in [0.2, 0.25) is 0 Å². The van der Waals surface area contributed by atoms with Crippen LogP contribution >= 0.6 is 0 Å². The summed E-state index contributed by atoms with van der Waals surface area (Å²) in [7, 11) is 0. The molecule has 17 heavy (non-hydrogen) atoms. The summed E-state index contributed by atoms with van der Waals surface area (Å²) >= 11 is 0. The number of hydrogen-bond acceptors (Lipinski definition) is 2. The van der Waals surface area contributed by atoms with Gasteiger partial charge in [0.1, 0.15) is 0 Å². The summed E-state index contributed by atoms with van der Waals surface area (Å²) in [6.07, 6.45) is 8.55. The molecule has 0 saturated carbocycles. The third kappa shape index (κ3) is 6.09. The van der Waals surface area contributed by atoms with E-state index in [9.17, 15) is 9.59 Å². The summed E-state index contributed by atoms with van der Waals surface area (Å²) in [5, 5.41) is 5.37. The number of carbonyl (C=O) groups excluding carboxylic acids is 2. The number of rotatable bonds is 6. The van der Waals surface area contributed by atoms with Crippen LogP contribution in [0.25, 0.3) is 0 Å². The fourth-order valence-corrected chi connectivity index (χ4v) is 1.86. The molecule has 0 aliphatic heterocycles. The summed E-state index contributed by atoms with van der Waals surface area (Å²) in [5.41, 5.74) is 1.45. The second kappa shape index (κ2) is 7.87. The molecule has 96 valence electrons. The smallest absolute Gasteiger partial charge is 0.239 e. The molecule has 2 amide bonds. The molecule has 1 aliphatic carbocycles. The molecule has 0 heterocycles. The van der Waals surface area contributed by atoms with Gasteiger partial charge in [-0.3, -0.25) is 9.59 Å². The lowest BCUT2D eigenvalue weighted by molar-refractivity contribution is -0.125. The first-order valence-electron chi connectivity index (χ1n) is 6.43. The van der Waals surface area contributed by atoms with Gasteiger partial charge in [0.05, 0.1) is 6.54 Å². The molecule has 2 N–H and O–H groups in total. The maximum absolute atomic E-state index is 11.4. The van der Waals surface area contributed by atoms with E-state index < -0.39 is 0 Å². The quantitative estimate of drug-likeness (QED) is 0.689. The van der Waals surface area contributed by atoms with Gasteiger partial charge in [-0.1, -0.05) is 18.6 Å². The minimum Gasteiger partial charge on any atom is -0.354 e. The average Bonchev–Trinajstić information content (AvgIpc) is 2.37. The van der Waals surface area contributed by atoms with E-state index >= 15 is 0 Å². The average molecular weight is 238 g/mol. The molecule has 4 nitrogen and oxygen atoms in total. The molecule has 0 aromatic rings. The van der Waals surface area contributed by atoms with E-state index in [-0.39, 0.29) is 18.4 Å². The Labute approximate surface area is 103 Å². The minimum absolute atomic E-state index is 0.0878. The van der Waals surface area contributed by atoms with Crippen molar-refractivity contribution in [2.24, 2.45) is 0 Å². The molecule has 0 bridgehead atoms. The highest BCUT2D eigenvalue weighted by atomic mass is 16.2. The number of hydrogen-bond donors (Lipinski definition) is 2. The molecule has 1 rings (SSSR count). The highest BCUT2D eigenvalue weighted by Crippen LogP contribution is 2.19. The molecular formula is C13H22N2O2. The van der Waals surface area contributed by atoms with Crippen LogP contribution in [-0.4, -0.2) is 24.9 Å². The van der Waals surface area contributed by atoms with E-state index in [4.69, 9.17) is 0 Å². The zero-order valence-corrected chi connectivity index (χ0v) is 10.6. The SMILES string of the molecule is CCC(=O)NCC(=O)NCCC1=CCCCC1. The molecule has 4 heteroatoms. The lowest BCUT2D eigenvalue weighted by atomic mass is 9.97. The van der Waals surface area contributed by atoms with Crippen LogP contribution in [0.4, 0.5) is 0 Å². The summed E-state index contributed by atoms with van der Waals surface area (Å²) in [6.45, 7) is 2.53. The first kappa shape index (κ1) is 13.7. The van der Waals surface area contributed by atoms with Crippen molar-refractivity contribution in [2.75, 3.05) is 13.1 Å². The Morgan fingerprint density at radius 2 is 2.06 bits per heavy atom. The Balaban J connectivity index is 2.07. The molecule has 0 atom stereocenters. The van der Waals surface area contributed by atoms with Crippen molar-refractivity contribution in [1.29, 1.82) is 0 Å². The lowest BCUT2D eigenvalue weighted by Crippen LogP contribution is -2.37. The third-order valence-corrected chi connectivity index (χ3v) is 2.92. The number of nitrogens with one attached hydrogen (secondary N) is 2. The highest BCUT2D eigenvalue weighted by Gasteiger charge is 2.05. The molecular weight excluding hydrogens is 216 g/mol. The Kier molecular flexibility index (Phi) is 6.37. The summed E-state index contributed by atoms with van der Waals surface area (Å²) in [6, 6.07) is 0. The first-order chi connectivity index (χ1) is 8.22. The highest BCUT2D eigenvalue weighted by molar-refractivity contribution is 5.84. The van der Waals surface area contributed by atoms with Gasteiger partial charge in [-0.15, -0.1) is 0 Å². The summed E-state index contributed by atoms with van der Waals surface area (Å²) in [4.78, 5) is 22.3. The van der Waals surface area contributed by atoms with Crippen LogP contribution in [0.5, 0.6) is 0 Å². The molecule has 0 unspecified atom stereocenters. The van der Waals surface area contributed by atoms with Crippen LogP contribution in [0, 0.1) is 0 Å². The van der Waals surface area contributed by atoms with Crippen molar-refractivity contribution in [2.45, 2.75) is 45.4 Å². The largest absolute Gasteiger partial charge is 0.354 e. The molecule has 0 spiro atoms. The molecule has 0 aromatic carbocycles. The first-order valence-corrected chi connectivity index (χ1v) is 6.43. The van der Waals surface area contributed by atoms with Crippen molar-refractivity contribution in [3.05, 3.63) is 11.6 Å². The maximum Gasteiger partial charge on any atom is 0.239 e. The van der Waals surface area contributed by atoms with E-state index in [0.717, 1.165) is 6.42 Å². The van der Waals surface area contributed by atoms with Gasteiger partial charge in [0, 0.05) is 13.0 Å². The van der Waals surface area contributed by atoms with Crippen LogP contribution in [0.15, 0.2) is 11.6 Å². The van der Waals surface area contributed by atoms with Gasteiger partial charge in [-0.05, 0) is 32.1 Å². The molecule has 0 radical (unpaired) electrons. The normalized spacial score (nSPS) is 15.0. The van der Waals surface area contributed by atoms with Gasteiger partial charge in [0.15, 0.2) is 0 Å². The molecule has 0 fully saturated rings. The van der Waals surface area contributed by atoms with Crippen molar-refractivity contribution in [1.82, 2.24) is 10.6 Å². The summed E-state index contributed by atoms with van der Waals surface area (Å²) in [5.74, 6) is -0.196. The van der Waals surface area contributed by atoms with Gasteiger partial charge in [-0.2, -0.15) is 0 Å². The van der Waals surface area contributed by atoms with Gasteiger partial charge in [-0.25, -0.2) is 0 Å². The van der Waals surface area contributed by atoms with Crippen LogP contribution in [0.3, 0.4) is 0 Å². The van der Waals surface area contributed by atoms with Crippen LogP contribution < -0.4 is 10.6 Å². The predicted octanol–water partition coefficient (Wildman–Crippen LogP) is 1.52. The zero-order chi connectivity index (χ0) is 12.5. The topological polar surface area (TPSA) is 58.2 Å². The number of amides is 2. The zero-order valence-electron chi connectivity index (χ0n) is 10.6. The van der Waals surface area contributed by atoms with Crippen LogP contribution in [-0.2, 0) is 9.59 Å². The van der Waals surface area contributed by atoms with E-state index in [2.05, 4.69) is 16.7 Å². The minimum atomic E-state index is -0.108. The van der Waals surface area contributed by atoms with Crippen molar-refractivity contribution >= 4 is 11.8 Å². The Morgan fingerprint density at radius 3 is 2.71 bits per heavy atom. The second-order valence-corrected chi connectivity index (χ2v) is 4.34. The van der Waals surface area contributed by atoms with Gasteiger partial charge in [0.2, 0.25) is 11.8 Å². The lowest BCUT2D eigenvalue weighted by Gasteiger charge is -2.13. The van der Waals surface area contributed by atoms with Crippen LogP contribution in [0.1, 0.15) is 45.4 Å². The third-order valence-electron chi connectivity index (χ3n) is 2.92. The van der Waals surface area contributed by atoms with E-state index in [1.165, 1.54) is 31.3 Å². The van der Waals surface area contributed by atoms with Gasteiger partial charge in [0.25, 0.3) is 0 Å². The Hall–Kier alpha value is -1.32. The molecule has 0 aromatic heterocycles. The van der Waals surface area contributed by atoms with Gasteiger partial charge < -0.3 is 10.6 Å². The number of carbonyl (C=O) groups is 2. The molecule has 1 aliphatic rings. The van der Waals surface area contributed by atoms with Gasteiger partial charge >= 0.3 is 0 Å². The van der Waals surface area contributed by atoms with Crippen molar-refractivity contribution in [3.8, 4) is 0 Å². The second-order valence-electron chi connectivity index (χ2n) is 4.34. The standard InChI is InChI=1S/C13H22N2O2/c1-2-12(16)15-10-13(17)14-9-8-11-6-4-3-5-7-11/h6H,2-5,7-10H2,1H3,(H,14,17)(H,15,16). The maximum atomic E-state index is 11.4. The Bertz CT molecular complexity index is 298. The van der Waals surface area contributed by atoms with E-state index in [0.29, 0.717) is 13.0 Å². The number of allylic oxidation sites excluding steroid dienone is 1. The Morgan fingerprint density at radius 1 is 1.24 bits per heavy atom. The van der Waals surface area contributed by atoms with Crippen molar-refractivity contribution in [3.63, 3.8) is 0 Å². The fourth-order valence-electron chi connectivity index (χ4n) is 1.86. The van der Waals surface area contributed by atoms with E-state index in [1.54, 1.807) is 6.92 Å². The monoisotopic (exact) mass is 238 g/mol. The fraction of sp³-hybridized carbons (Fsp3) is 0.692.